The van der Waals surface area contributed by atoms with Gasteiger partial charge in [0.05, 0.1) is 5.57 Å². The monoisotopic (exact) mass is 167 g/mol. The molecule has 4 N–H and O–H groups in total. The number of nitrogens with two attached hydrogens (primary N) is 1. The van der Waals surface area contributed by atoms with Crippen molar-refractivity contribution in [1.82, 2.24) is 10.6 Å². The van der Waals surface area contributed by atoms with Crippen molar-refractivity contribution in [2.45, 2.75) is 13.1 Å². The van der Waals surface area contributed by atoms with E-state index >= 15 is 0 Å². The van der Waals surface area contributed by atoms with Gasteiger partial charge in [0.1, 0.15) is 6.17 Å². The lowest BCUT2D eigenvalue weighted by Crippen LogP contribution is -2.43. The Bertz CT molecular complexity index is 232. The SMILES string of the molecule is CCNC(=O)C1=CC=CNC1N. The molecule has 0 bridgehead atoms. The molecule has 4 nitrogen and oxygen atoms in total. The second-order valence-corrected chi connectivity index (χ2v) is 2.48. The lowest BCUT2D eigenvalue weighted by Gasteiger charge is -2.17. The summed E-state index contributed by atoms with van der Waals surface area (Å²) in [6.45, 7) is 2.49. The van der Waals surface area contributed by atoms with Crippen LogP contribution in [0.25, 0.3) is 0 Å². The van der Waals surface area contributed by atoms with Crippen molar-refractivity contribution in [3.05, 3.63) is 23.9 Å². The standard InChI is InChI=1S/C8H13N3O/c1-2-10-8(12)6-4-3-5-11-7(6)9/h3-5,7,11H,2,9H2,1H3,(H,10,12). The van der Waals surface area contributed by atoms with E-state index in [0.717, 1.165) is 0 Å². The molecule has 0 aromatic heterocycles. The number of nitrogens with one attached hydrogen (secondary N) is 2. The summed E-state index contributed by atoms with van der Waals surface area (Å²) >= 11 is 0. The number of amides is 1. The molecule has 1 unspecified atom stereocenters. The van der Waals surface area contributed by atoms with Crippen molar-refractivity contribution in [3.8, 4) is 0 Å². The van der Waals surface area contributed by atoms with Gasteiger partial charge in [0.25, 0.3) is 5.91 Å². The molecule has 0 aromatic carbocycles. The Morgan fingerprint density at radius 1 is 1.83 bits per heavy atom. The quantitative estimate of drug-likeness (QED) is 0.517. The molecule has 1 heterocycles. The molecular formula is C8H13N3O. The Morgan fingerprint density at radius 3 is 3.17 bits per heavy atom. The number of hydrogen-bond acceptors (Lipinski definition) is 3. The predicted molar refractivity (Wildman–Crippen MR) is 47.0 cm³/mol. The van der Waals surface area contributed by atoms with Crippen LogP contribution in [-0.2, 0) is 4.79 Å². The van der Waals surface area contributed by atoms with Crippen molar-refractivity contribution < 1.29 is 4.79 Å². The van der Waals surface area contributed by atoms with Crippen LogP contribution in [0.4, 0.5) is 0 Å². The second kappa shape index (κ2) is 3.92. The maximum absolute atomic E-state index is 11.3. The van der Waals surface area contributed by atoms with Crippen LogP contribution in [0, 0.1) is 0 Å². The highest BCUT2D eigenvalue weighted by atomic mass is 16.1. The van der Waals surface area contributed by atoms with E-state index < -0.39 is 0 Å². The summed E-state index contributed by atoms with van der Waals surface area (Å²) in [6, 6.07) is 0. The van der Waals surface area contributed by atoms with E-state index in [1.54, 1.807) is 18.4 Å². The molecule has 0 saturated heterocycles. The fourth-order valence-corrected chi connectivity index (χ4v) is 0.984. The molecule has 0 aromatic rings. The molecular weight excluding hydrogens is 154 g/mol. The summed E-state index contributed by atoms with van der Waals surface area (Å²) in [4.78, 5) is 11.3. The van der Waals surface area contributed by atoms with Gasteiger partial charge in [-0.3, -0.25) is 4.79 Å². The summed E-state index contributed by atoms with van der Waals surface area (Å²) in [5.74, 6) is -0.109. The van der Waals surface area contributed by atoms with Gasteiger partial charge in [-0.2, -0.15) is 0 Å². The zero-order valence-electron chi connectivity index (χ0n) is 7.00. The minimum atomic E-state index is -0.387. The van der Waals surface area contributed by atoms with Crippen LogP contribution in [0.15, 0.2) is 23.9 Å². The highest BCUT2D eigenvalue weighted by molar-refractivity contribution is 5.95. The Balaban J connectivity index is 2.65. The Morgan fingerprint density at radius 2 is 2.58 bits per heavy atom. The molecule has 66 valence electrons. The number of hydrogen-bond donors (Lipinski definition) is 3. The minimum Gasteiger partial charge on any atom is -0.372 e. The van der Waals surface area contributed by atoms with Crippen molar-refractivity contribution in [2.75, 3.05) is 6.54 Å². The van der Waals surface area contributed by atoms with Crippen molar-refractivity contribution in [2.24, 2.45) is 5.73 Å². The van der Waals surface area contributed by atoms with Crippen molar-refractivity contribution in [3.63, 3.8) is 0 Å². The topological polar surface area (TPSA) is 67.2 Å². The molecule has 0 saturated carbocycles. The summed E-state index contributed by atoms with van der Waals surface area (Å²) in [6.07, 6.45) is 4.80. The molecule has 12 heavy (non-hydrogen) atoms. The molecule has 0 aliphatic carbocycles. The summed E-state index contributed by atoms with van der Waals surface area (Å²) in [7, 11) is 0. The first-order valence-electron chi connectivity index (χ1n) is 3.92. The molecule has 1 aliphatic rings. The number of carbonyl (C=O) groups is 1. The molecule has 1 aliphatic heterocycles. The number of carbonyl (C=O) groups excluding carboxylic acids is 1. The van der Waals surface area contributed by atoms with Crippen LogP contribution in [0.3, 0.4) is 0 Å². The third kappa shape index (κ3) is 1.85. The van der Waals surface area contributed by atoms with Crippen LogP contribution in [0.5, 0.6) is 0 Å². The van der Waals surface area contributed by atoms with Crippen LogP contribution in [0.2, 0.25) is 0 Å². The summed E-state index contributed by atoms with van der Waals surface area (Å²) in [5, 5.41) is 5.52. The molecule has 4 heteroatoms. The number of allylic oxidation sites excluding steroid dienone is 2. The first-order valence-corrected chi connectivity index (χ1v) is 3.92. The van der Waals surface area contributed by atoms with Gasteiger partial charge in [-0.1, -0.05) is 0 Å². The van der Waals surface area contributed by atoms with E-state index in [0.29, 0.717) is 12.1 Å². The maximum atomic E-state index is 11.3. The minimum absolute atomic E-state index is 0.109. The summed E-state index contributed by atoms with van der Waals surface area (Å²) in [5.41, 5.74) is 6.19. The van der Waals surface area contributed by atoms with Gasteiger partial charge in [-0.05, 0) is 25.3 Å². The van der Waals surface area contributed by atoms with Gasteiger partial charge in [-0.15, -0.1) is 0 Å². The average molecular weight is 167 g/mol. The molecule has 1 rings (SSSR count). The Labute approximate surface area is 71.5 Å². The van der Waals surface area contributed by atoms with Crippen LogP contribution in [-0.4, -0.2) is 18.6 Å². The molecule has 0 radical (unpaired) electrons. The third-order valence-corrected chi connectivity index (χ3v) is 1.58. The second-order valence-electron chi connectivity index (χ2n) is 2.48. The first-order chi connectivity index (χ1) is 5.75. The number of dihydropyridines is 1. The number of rotatable bonds is 2. The summed E-state index contributed by atoms with van der Waals surface area (Å²) < 4.78 is 0. The largest absolute Gasteiger partial charge is 0.372 e. The maximum Gasteiger partial charge on any atom is 0.250 e. The van der Waals surface area contributed by atoms with Crippen molar-refractivity contribution >= 4 is 5.91 Å². The fourth-order valence-electron chi connectivity index (χ4n) is 0.984. The molecule has 0 spiro atoms. The van der Waals surface area contributed by atoms with E-state index in [9.17, 15) is 4.79 Å². The third-order valence-electron chi connectivity index (χ3n) is 1.58. The molecule has 0 fully saturated rings. The smallest absolute Gasteiger partial charge is 0.250 e. The lowest BCUT2D eigenvalue weighted by molar-refractivity contribution is -0.117. The van der Waals surface area contributed by atoms with Crippen LogP contribution < -0.4 is 16.4 Å². The van der Waals surface area contributed by atoms with Gasteiger partial charge in [0.15, 0.2) is 0 Å². The molecule has 1 amide bonds. The van der Waals surface area contributed by atoms with Crippen LogP contribution in [0.1, 0.15) is 6.92 Å². The van der Waals surface area contributed by atoms with Gasteiger partial charge in [0.2, 0.25) is 0 Å². The Hall–Kier alpha value is -1.29. The molecule has 1 atom stereocenters. The van der Waals surface area contributed by atoms with Gasteiger partial charge < -0.3 is 16.4 Å². The normalized spacial score (nSPS) is 21.2. The van der Waals surface area contributed by atoms with E-state index in [-0.39, 0.29) is 12.1 Å². The number of likely N-dealkylation sites (N-methyl/N-ethyl adjacent to an activating group) is 1. The van der Waals surface area contributed by atoms with Gasteiger partial charge >= 0.3 is 0 Å². The Kier molecular flexibility index (Phi) is 2.88. The average Bonchev–Trinajstić information content (AvgIpc) is 2.05. The van der Waals surface area contributed by atoms with E-state index in [2.05, 4.69) is 10.6 Å². The van der Waals surface area contributed by atoms with E-state index in [4.69, 9.17) is 5.73 Å². The zero-order valence-corrected chi connectivity index (χ0v) is 7.00. The zero-order chi connectivity index (χ0) is 8.97. The highest BCUT2D eigenvalue weighted by Crippen LogP contribution is 2.02. The van der Waals surface area contributed by atoms with Crippen molar-refractivity contribution in [1.29, 1.82) is 0 Å². The van der Waals surface area contributed by atoms with Gasteiger partial charge in [0, 0.05) is 6.54 Å². The lowest BCUT2D eigenvalue weighted by atomic mass is 10.1. The highest BCUT2D eigenvalue weighted by Gasteiger charge is 2.16. The van der Waals surface area contributed by atoms with Crippen LogP contribution >= 0.6 is 0 Å². The van der Waals surface area contributed by atoms with Gasteiger partial charge in [-0.25, -0.2) is 0 Å². The fraction of sp³-hybridized carbons (Fsp3) is 0.375. The predicted octanol–water partition coefficient (Wildman–Crippen LogP) is -0.549. The van der Waals surface area contributed by atoms with E-state index in [1.165, 1.54) is 0 Å². The van der Waals surface area contributed by atoms with E-state index in [1.807, 2.05) is 6.92 Å². The first kappa shape index (κ1) is 8.80.